The van der Waals surface area contributed by atoms with Crippen molar-refractivity contribution in [2.24, 2.45) is 0 Å². The molecular formula is C21H32ClN3O. The maximum absolute atomic E-state index is 6.29. The van der Waals surface area contributed by atoms with Gasteiger partial charge in [-0.25, -0.2) is 4.98 Å². The van der Waals surface area contributed by atoms with Gasteiger partial charge in [0.15, 0.2) is 0 Å². The van der Waals surface area contributed by atoms with Gasteiger partial charge in [-0.15, -0.1) is 0 Å². The molecule has 0 unspecified atom stereocenters. The average molecular weight is 378 g/mol. The van der Waals surface area contributed by atoms with Crippen LogP contribution in [0.3, 0.4) is 0 Å². The van der Waals surface area contributed by atoms with Crippen molar-refractivity contribution in [3.8, 4) is 5.69 Å². The smallest absolute Gasteiger partial charge is 0.208 e. The van der Waals surface area contributed by atoms with E-state index in [9.17, 15) is 0 Å². The Bertz CT molecular complexity index is 701. The van der Waals surface area contributed by atoms with E-state index in [-0.39, 0.29) is 0 Å². The second-order valence-corrected chi connectivity index (χ2v) is 5.58. The van der Waals surface area contributed by atoms with Gasteiger partial charge in [-0.05, 0) is 42.7 Å². The average Bonchev–Trinajstić information content (AvgIpc) is 2.96. The Balaban J connectivity index is 0.00000146. The minimum atomic E-state index is 0.391. The molecule has 0 fully saturated rings. The maximum atomic E-state index is 6.29. The summed E-state index contributed by atoms with van der Waals surface area (Å²) < 4.78 is 7.06. The van der Waals surface area contributed by atoms with Gasteiger partial charge in [-0.1, -0.05) is 48.1 Å². The number of aromatic nitrogens is 3. The summed E-state index contributed by atoms with van der Waals surface area (Å²) in [5.74, 6) is 1.03. The first-order valence-corrected chi connectivity index (χ1v) is 9.45. The molecule has 2 aromatic rings. The third kappa shape index (κ3) is 6.03. The van der Waals surface area contributed by atoms with Crippen LogP contribution in [0.15, 0.2) is 36.7 Å². The molecule has 2 aromatic heterocycles. The molecule has 5 heteroatoms. The molecule has 0 aliphatic rings. The summed E-state index contributed by atoms with van der Waals surface area (Å²) in [5.41, 5.74) is 3.60. The van der Waals surface area contributed by atoms with Crippen LogP contribution in [-0.4, -0.2) is 21.6 Å². The number of rotatable bonds is 5. The van der Waals surface area contributed by atoms with Crippen LogP contribution in [0.1, 0.15) is 64.5 Å². The largest absolute Gasteiger partial charge is 0.497 e. The number of allylic oxidation sites excluding steroid dienone is 1. The summed E-state index contributed by atoms with van der Waals surface area (Å²) in [6, 6.07) is 4.01. The van der Waals surface area contributed by atoms with Gasteiger partial charge >= 0.3 is 0 Å². The standard InChI is InChI=1S/C17H20ClN3O.2C2H6/c1-6-14(22-5)9-16-12(4)21(17(18)20-16)13-7-8-15(11(2)3)19-10-13;2*1-2/h6-11H,1H2,2-5H3;2*1-2H3/b14-9+;;. The second-order valence-electron chi connectivity index (χ2n) is 5.24. The molecule has 0 bridgehead atoms. The van der Waals surface area contributed by atoms with E-state index in [1.54, 1.807) is 19.3 Å². The fraction of sp³-hybridized carbons (Fsp3) is 0.429. The molecule has 0 amide bonds. The second kappa shape index (κ2) is 12.3. The summed E-state index contributed by atoms with van der Waals surface area (Å²) in [6.07, 6.45) is 5.25. The van der Waals surface area contributed by atoms with E-state index in [2.05, 4.69) is 30.4 Å². The van der Waals surface area contributed by atoms with Crippen molar-refractivity contribution >= 4 is 17.7 Å². The highest BCUT2D eigenvalue weighted by molar-refractivity contribution is 6.28. The summed E-state index contributed by atoms with van der Waals surface area (Å²) in [5, 5.41) is 0.391. The number of pyridine rings is 1. The van der Waals surface area contributed by atoms with Crippen LogP contribution in [0.2, 0.25) is 5.28 Å². The van der Waals surface area contributed by atoms with Crippen LogP contribution >= 0.6 is 11.6 Å². The fourth-order valence-electron chi connectivity index (χ4n) is 2.13. The molecule has 4 nitrogen and oxygen atoms in total. The molecule has 0 N–H and O–H groups in total. The van der Waals surface area contributed by atoms with Crippen molar-refractivity contribution < 1.29 is 4.74 Å². The molecule has 0 atom stereocenters. The molecule has 0 saturated heterocycles. The van der Waals surface area contributed by atoms with Crippen LogP contribution in [0.5, 0.6) is 0 Å². The monoisotopic (exact) mass is 377 g/mol. The Kier molecular flexibility index (Phi) is 11.3. The number of imidazole rings is 1. The molecule has 0 radical (unpaired) electrons. The number of halogens is 1. The number of nitrogens with zero attached hydrogens (tertiary/aromatic N) is 3. The maximum Gasteiger partial charge on any atom is 0.208 e. The highest BCUT2D eigenvalue weighted by Gasteiger charge is 2.13. The Labute approximate surface area is 163 Å². The highest BCUT2D eigenvalue weighted by atomic mass is 35.5. The van der Waals surface area contributed by atoms with E-state index in [0.717, 1.165) is 22.8 Å². The lowest BCUT2D eigenvalue weighted by molar-refractivity contribution is 0.311. The van der Waals surface area contributed by atoms with Crippen molar-refractivity contribution in [2.75, 3.05) is 7.11 Å². The number of ether oxygens (including phenoxy) is 1. The first-order valence-electron chi connectivity index (χ1n) is 9.07. The van der Waals surface area contributed by atoms with E-state index in [0.29, 0.717) is 17.0 Å². The normalized spacial score (nSPS) is 10.5. The summed E-state index contributed by atoms with van der Waals surface area (Å²) >= 11 is 6.29. The lowest BCUT2D eigenvalue weighted by atomic mass is 10.1. The van der Waals surface area contributed by atoms with Gasteiger partial charge in [-0.2, -0.15) is 0 Å². The molecule has 2 heterocycles. The first-order chi connectivity index (χ1) is 12.5. The third-order valence-electron chi connectivity index (χ3n) is 3.44. The van der Waals surface area contributed by atoms with Crippen LogP contribution in [-0.2, 0) is 4.74 Å². The molecular weight excluding hydrogens is 346 g/mol. The van der Waals surface area contributed by atoms with Gasteiger partial charge in [0.2, 0.25) is 5.28 Å². The van der Waals surface area contributed by atoms with Gasteiger partial charge in [0, 0.05) is 17.5 Å². The van der Waals surface area contributed by atoms with E-state index in [1.165, 1.54) is 0 Å². The third-order valence-corrected chi connectivity index (χ3v) is 3.69. The van der Waals surface area contributed by atoms with Crippen molar-refractivity contribution in [1.29, 1.82) is 0 Å². The Hall–Kier alpha value is -2.07. The molecule has 0 aromatic carbocycles. The molecule has 0 aliphatic heterocycles. The summed E-state index contributed by atoms with van der Waals surface area (Å²) in [6.45, 7) is 17.9. The zero-order valence-electron chi connectivity index (χ0n) is 17.3. The molecule has 0 aliphatic carbocycles. The van der Waals surface area contributed by atoms with Gasteiger partial charge in [0.25, 0.3) is 0 Å². The zero-order chi connectivity index (χ0) is 20.3. The van der Waals surface area contributed by atoms with Gasteiger partial charge in [-0.3, -0.25) is 9.55 Å². The quantitative estimate of drug-likeness (QED) is 0.436. The Morgan fingerprint density at radius 2 is 1.85 bits per heavy atom. The Morgan fingerprint density at radius 3 is 2.27 bits per heavy atom. The molecule has 26 heavy (non-hydrogen) atoms. The molecule has 0 saturated carbocycles. The summed E-state index contributed by atoms with van der Waals surface area (Å²) in [7, 11) is 1.59. The topological polar surface area (TPSA) is 39.9 Å². The van der Waals surface area contributed by atoms with E-state index < -0.39 is 0 Å². The van der Waals surface area contributed by atoms with E-state index in [1.807, 2.05) is 57.5 Å². The van der Waals surface area contributed by atoms with Crippen LogP contribution in [0.25, 0.3) is 11.8 Å². The van der Waals surface area contributed by atoms with Crippen LogP contribution in [0, 0.1) is 6.92 Å². The number of hydrogen-bond acceptors (Lipinski definition) is 3. The summed E-state index contributed by atoms with van der Waals surface area (Å²) in [4.78, 5) is 8.85. The lowest BCUT2D eigenvalue weighted by Gasteiger charge is -2.09. The van der Waals surface area contributed by atoms with E-state index in [4.69, 9.17) is 16.3 Å². The zero-order valence-corrected chi connectivity index (χ0v) is 18.1. The van der Waals surface area contributed by atoms with Crippen molar-refractivity contribution in [2.45, 2.75) is 54.4 Å². The number of methoxy groups -OCH3 is 1. The van der Waals surface area contributed by atoms with Crippen LogP contribution in [0.4, 0.5) is 0 Å². The van der Waals surface area contributed by atoms with Crippen molar-refractivity contribution in [1.82, 2.24) is 14.5 Å². The SMILES string of the molecule is C=C/C(=C\c1nc(Cl)n(-c2ccc(C(C)C)nc2)c1C)OC.CC.CC. The van der Waals surface area contributed by atoms with Gasteiger partial charge in [0.1, 0.15) is 5.76 Å². The lowest BCUT2D eigenvalue weighted by Crippen LogP contribution is -2.00. The van der Waals surface area contributed by atoms with E-state index >= 15 is 0 Å². The highest BCUT2D eigenvalue weighted by Crippen LogP contribution is 2.24. The predicted octanol–water partition coefficient (Wildman–Crippen LogP) is 6.58. The molecule has 0 spiro atoms. The van der Waals surface area contributed by atoms with Gasteiger partial charge in [0.05, 0.1) is 24.7 Å². The number of hydrogen-bond donors (Lipinski definition) is 0. The Morgan fingerprint density at radius 1 is 1.23 bits per heavy atom. The minimum Gasteiger partial charge on any atom is -0.497 e. The fourth-order valence-corrected chi connectivity index (χ4v) is 2.44. The first kappa shape index (κ1) is 23.9. The molecule has 2 rings (SSSR count). The van der Waals surface area contributed by atoms with Crippen molar-refractivity contribution in [3.05, 3.63) is 59.1 Å². The predicted molar refractivity (Wildman–Crippen MR) is 113 cm³/mol. The minimum absolute atomic E-state index is 0.391. The van der Waals surface area contributed by atoms with Crippen LogP contribution < -0.4 is 0 Å². The van der Waals surface area contributed by atoms with Gasteiger partial charge < -0.3 is 4.74 Å². The van der Waals surface area contributed by atoms with Crippen molar-refractivity contribution in [3.63, 3.8) is 0 Å². The molecule has 144 valence electrons.